The van der Waals surface area contributed by atoms with Crippen LogP contribution in [0.15, 0.2) is 103 Å². The van der Waals surface area contributed by atoms with E-state index in [0.717, 1.165) is 24.0 Å². The summed E-state index contributed by atoms with van der Waals surface area (Å²) in [6.45, 7) is 10.6. The molecule has 0 saturated heterocycles. The number of aliphatic hydroxyl groups is 1. The summed E-state index contributed by atoms with van der Waals surface area (Å²) in [5.41, 5.74) is 3.43. The summed E-state index contributed by atoms with van der Waals surface area (Å²) >= 11 is 0. The molecule has 0 radical (unpaired) electrons. The summed E-state index contributed by atoms with van der Waals surface area (Å²) in [5, 5.41) is 15.6. The van der Waals surface area contributed by atoms with Gasteiger partial charge < -0.3 is 29.4 Å². The molecule has 0 aliphatic heterocycles. The Bertz CT molecular complexity index is 1400. The molecule has 4 rings (SSSR count). The Morgan fingerprint density at radius 3 is 1.68 bits per heavy atom. The lowest BCUT2D eigenvalue weighted by Gasteiger charge is -2.37. The Morgan fingerprint density at radius 1 is 0.643 bits per heavy atom. The molecule has 6 heteroatoms. The van der Waals surface area contributed by atoms with E-state index in [0.29, 0.717) is 39.2 Å². The first-order chi connectivity index (χ1) is 27.4. The largest absolute Gasteiger partial charge is 0.390 e. The number of nitrogens with one attached hydrogen (secondary N) is 1. The quantitative estimate of drug-likeness (QED) is 0.0541. The number of aliphatic hydroxyl groups excluding tert-OH is 1. The molecule has 0 heterocycles. The normalized spacial score (nSPS) is 20.2. The average Bonchev–Trinajstić information content (AvgIpc) is 3.36. The number of ether oxygens (including phenoxy) is 4. The fraction of sp³-hybridized carbons (Fsp3) is 0.600. The highest BCUT2D eigenvalue weighted by molar-refractivity contribution is 5.16. The summed E-state index contributed by atoms with van der Waals surface area (Å²) in [4.78, 5) is 0. The summed E-state index contributed by atoms with van der Waals surface area (Å²) < 4.78 is 27.1. The molecule has 0 bridgehead atoms. The molecular weight excluding hydrogens is 695 g/mol. The van der Waals surface area contributed by atoms with E-state index in [1.807, 2.05) is 30.3 Å². The molecule has 3 aromatic rings. The van der Waals surface area contributed by atoms with Gasteiger partial charge in [0.25, 0.3) is 0 Å². The number of hydrogen-bond acceptors (Lipinski definition) is 6. The predicted octanol–water partition coefficient (Wildman–Crippen LogP) is 11.5. The second-order valence-electron chi connectivity index (χ2n) is 16.3. The van der Waals surface area contributed by atoms with Crippen LogP contribution in [0, 0.1) is 5.92 Å². The topological polar surface area (TPSA) is 69.2 Å². The lowest BCUT2D eigenvalue weighted by Crippen LogP contribution is -2.52. The van der Waals surface area contributed by atoms with Crippen LogP contribution in [-0.4, -0.2) is 54.4 Å². The third-order valence-electron chi connectivity index (χ3n) is 11.0. The van der Waals surface area contributed by atoms with Gasteiger partial charge in [0.2, 0.25) is 0 Å². The molecule has 0 spiro atoms. The summed E-state index contributed by atoms with van der Waals surface area (Å²) in [6, 6.07) is 30.9. The van der Waals surface area contributed by atoms with Crippen molar-refractivity contribution in [3.63, 3.8) is 0 Å². The van der Waals surface area contributed by atoms with E-state index in [9.17, 15) is 5.11 Å². The van der Waals surface area contributed by atoms with Gasteiger partial charge in [0.05, 0.1) is 50.3 Å². The van der Waals surface area contributed by atoms with Crippen LogP contribution >= 0.6 is 0 Å². The maximum atomic E-state index is 11.8. The van der Waals surface area contributed by atoms with Crippen molar-refractivity contribution in [2.24, 2.45) is 5.92 Å². The van der Waals surface area contributed by atoms with Crippen LogP contribution in [0.1, 0.15) is 134 Å². The van der Waals surface area contributed by atoms with Gasteiger partial charge in [0, 0.05) is 12.5 Å². The Kier molecular flexibility index (Phi) is 22.7. The number of benzene rings is 3. The first-order valence-electron chi connectivity index (χ1n) is 22.1. The van der Waals surface area contributed by atoms with Crippen LogP contribution in [0.25, 0.3) is 0 Å². The van der Waals surface area contributed by atoms with Crippen molar-refractivity contribution in [2.45, 2.75) is 180 Å². The lowest BCUT2D eigenvalue weighted by atomic mass is 9.97. The van der Waals surface area contributed by atoms with Crippen LogP contribution in [0.3, 0.4) is 0 Å². The molecule has 2 N–H and O–H groups in total. The van der Waals surface area contributed by atoms with Crippen molar-refractivity contribution >= 4 is 0 Å². The molecule has 1 unspecified atom stereocenters. The van der Waals surface area contributed by atoms with Crippen LogP contribution < -0.4 is 5.32 Å². The van der Waals surface area contributed by atoms with Gasteiger partial charge in [-0.1, -0.05) is 194 Å². The van der Waals surface area contributed by atoms with Crippen molar-refractivity contribution in [2.75, 3.05) is 6.61 Å². The van der Waals surface area contributed by atoms with Crippen LogP contribution in [0.4, 0.5) is 0 Å². The van der Waals surface area contributed by atoms with Crippen molar-refractivity contribution in [1.82, 2.24) is 5.32 Å². The van der Waals surface area contributed by atoms with Gasteiger partial charge >= 0.3 is 0 Å². The zero-order valence-electron chi connectivity index (χ0n) is 35.2. The maximum Gasteiger partial charge on any atom is 0.111 e. The zero-order valence-corrected chi connectivity index (χ0v) is 35.2. The summed E-state index contributed by atoms with van der Waals surface area (Å²) in [7, 11) is 0. The summed E-state index contributed by atoms with van der Waals surface area (Å²) in [6.07, 6.45) is 19.5. The molecule has 0 aromatic heterocycles. The SMILES string of the molecule is CCCCCCCCCCCCCC[C@H](O)[C@H](OC(C)C)[C@@H](COC1CC=C[C@H](C)[C@H](OCc2ccccc2)[C@H]1OCc1ccccc1)NCc1ccccc1. The van der Waals surface area contributed by atoms with Gasteiger partial charge in [-0.15, -0.1) is 0 Å². The molecule has 7 atom stereocenters. The van der Waals surface area contributed by atoms with E-state index in [2.05, 4.69) is 106 Å². The minimum atomic E-state index is -0.612. The fourth-order valence-electron chi connectivity index (χ4n) is 7.80. The molecule has 0 saturated carbocycles. The Morgan fingerprint density at radius 2 is 1.14 bits per heavy atom. The number of hydrogen-bond donors (Lipinski definition) is 2. The van der Waals surface area contributed by atoms with E-state index < -0.39 is 12.2 Å². The number of unbranched alkanes of at least 4 members (excludes halogenated alkanes) is 11. The highest BCUT2D eigenvalue weighted by atomic mass is 16.6. The molecule has 3 aromatic carbocycles. The fourth-order valence-corrected chi connectivity index (χ4v) is 7.80. The van der Waals surface area contributed by atoms with Crippen LogP contribution in [-0.2, 0) is 38.7 Å². The van der Waals surface area contributed by atoms with Crippen molar-refractivity contribution in [3.05, 3.63) is 120 Å². The third-order valence-corrected chi connectivity index (χ3v) is 11.0. The Hall–Kier alpha value is -2.84. The predicted molar refractivity (Wildman–Crippen MR) is 231 cm³/mol. The Balaban J connectivity index is 1.43. The van der Waals surface area contributed by atoms with Gasteiger partial charge in [-0.25, -0.2) is 0 Å². The number of rotatable bonds is 29. The molecule has 56 heavy (non-hydrogen) atoms. The summed E-state index contributed by atoms with van der Waals surface area (Å²) in [5.74, 6) is 0.134. The van der Waals surface area contributed by atoms with Crippen molar-refractivity contribution < 1.29 is 24.1 Å². The smallest absolute Gasteiger partial charge is 0.111 e. The van der Waals surface area contributed by atoms with E-state index in [1.165, 1.54) is 69.8 Å². The molecule has 6 nitrogen and oxygen atoms in total. The molecule has 0 amide bonds. The molecule has 310 valence electrons. The molecular formula is C50H75NO5. The van der Waals surface area contributed by atoms with Gasteiger partial charge in [0.15, 0.2) is 0 Å². The van der Waals surface area contributed by atoms with Gasteiger partial charge in [-0.2, -0.15) is 0 Å². The highest BCUT2D eigenvalue weighted by Crippen LogP contribution is 2.29. The first kappa shape index (κ1) is 45.9. The van der Waals surface area contributed by atoms with Gasteiger partial charge in [-0.05, 0) is 43.4 Å². The zero-order chi connectivity index (χ0) is 39.6. The first-order valence-corrected chi connectivity index (χ1v) is 22.1. The van der Waals surface area contributed by atoms with E-state index in [1.54, 1.807) is 0 Å². The van der Waals surface area contributed by atoms with E-state index in [4.69, 9.17) is 18.9 Å². The standard InChI is InChI=1S/C50H75NO5/c1-5-6-7-8-9-10-11-12-13-14-15-25-34-46(52)49(56-40(2)3)45(51-36-42-28-19-16-20-29-42)39-53-47-35-26-27-41(4)48(54-37-43-30-21-17-22-31-43)50(47)55-38-44-32-23-18-24-33-44/h16-24,26-33,40-41,45-52H,5-15,25,34-39H2,1-4H3/t41-,45+,46-,47?,48-,49+,50-/m0/s1. The highest BCUT2D eigenvalue weighted by Gasteiger charge is 2.38. The van der Waals surface area contributed by atoms with Crippen LogP contribution in [0.5, 0.6) is 0 Å². The average molecular weight is 770 g/mol. The van der Waals surface area contributed by atoms with Gasteiger partial charge in [-0.3, -0.25) is 0 Å². The molecule has 1 aliphatic carbocycles. The van der Waals surface area contributed by atoms with E-state index >= 15 is 0 Å². The maximum absolute atomic E-state index is 11.8. The molecule has 0 fully saturated rings. The second kappa shape index (κ2) is 27.7. The van der Waals surface area contributed by atoms with Crippen LogP contribution in [0.2, 0.25) is 0 Å². The van der Waals surface area contributed by atoms with Crippen molar-refractivity contribution in [3.8, 4) is 0 Å². The minimum absolute atomic E-state index is 0.0444. The second-order valence-corrected chi connectivity index (χ2v) is 16.3. The van der Waals surface area contributed by atoms with Crippen molar-refractivity contribution in [1.29, 1.82) is 0 Å². The Labute approximate surface area is 340 Å². The van der Waals surface area contributed by atoms with E-state index in [-0.39, 0.29) is 36.4 Å². The lowest BCUT2D eigenvalue weighted by molar-refractivity contribution is -0.163. The molecule has 1 aliphatic rings. The minimum Gasteiger partial charge on any atom is -0.390 e. The monoisotopic (exact) mass is 770 g/mol. The third kappa shape index (κ3) is 17.7. The van der Waals surface area contributed by atoms with Gasteiger partial charge in [0.1, 0.15) is 12.2 Å².